The predicted octanol–water partition coefficient (Wildman–Crippen LogP) is 2.72. The Labute approximate surface area is 183 Å². The molecule has 2 aromatic heterocycles. The van der Waals surface area contributed by atoms with E-state index >= 15 is 0 Å². The van der Waals surface area contributed by atoms with Gasteiger partial charge < -0.3 is 20.5 Å². The molecule has 160 valence electrons. The Morgan fingerprint density at radius 1 is 1.26 bits per heavy atom. The largest absolute Gasteiger partial charge is 0.383 e. The Morgan fingerprint density at radius 3 is 2.94 bits per heavy atom. The van der Waals surface area contributed by atoms with E-state index in [1.807, 2.05) is 16.7 Å². The summed E-state index contributed by atoms with van der Waals surface area (Å²) in [5.41, 5.74) is 7.04. The van der Waals surface area contributed by atoms with E-state index in [9.17, 15) is 14.0 Å². The van der Waals surface area contributed by atoms with E-state index in [-0.39, 0.29) is 36.0 Å². The SMILES string of the molecule is Nc1nccc2c1ccn2CC(=O)N1[C@@H]2C[C@@H]2C[C@H]1C(=O)NCc1cccc(Cl)c1F. The van der Waals surface area contributed by atoms with Crippen LogP contribution in [0.1, 0.15) is 18.4 Å². The van der Waals surface area contributed by atoms with Gasteiger partial charge in [-0.3, -0.25) is 9.59 Å². The van der Waals surface area contributed by atoms with Gasteiger partial charge in [-0.1, -0.05) is 23.7 Å². The molecule has 3 N–H and O–H groups in total. The molecule has 3 heterocycles. The van der Waals surface area contributed by atoms with E-state index in [0.29, 0.717) is 23.7 Å². The maximum absolute atomic E-state index is 14.1. The Kier molecular flexibility index (Phi) is 4.81. The van der Waals surface area contributed by atoms with Gasteiger partial charge in [-0.05, 0) is 37.0 Å². The van der Waals surface area contributed by atoms with Gasteiger partial charge in [0.15, 0.2) is 0 Å². The summed E-state index contributed by atoms with van der Waals surface area (Å²) in [5, 5.41) is 3.57. The minimum atomic E-state index is -0.549. The lowest BCUT2D eigenvalue weighted by molar-refractivity contribution is -0.140. The fraction of sp³-hybridized carbons (Fsp3) is 0.318. The number of nitrogen functional groups attached to an aromatic ring is 1. The van der Waals surface area contributed by atoms with Crippen molar-refractivity contribution in [2.75, 3.05) is 5.73 Å². The van der Waals surface area contributed by atoms with Crippen LogP contribution in [0.4, 0.5) is 10.2 Å². The highest BCUT2D eigenvalue weighted by Crippen LogP contribution is 2.48. The number of anilines is 1. The van der Waals surface area contributed by atoms with Crippen LogP contribution in [0.2, 0.25) is 5.02 Å². The predicted molar refractivity (Wildman–Crippen MR) is 115 cm³/mol. The number of benzene rings is 1. The number of halogens is 2. The molecule has 3 aromatic rings. The molecule has 1 saturated heterocycles. The summed E-state index contributed by atoms with van der Waals surface area (Å²) >= 11 is 5.81. The average Bonchev–Trinajstić information content (AvgIpc) is 3.21. The summed E-state index contributed by atoms with van der Waals surface area (Å²) in [4.78, 5) is 31.8. The van der Waals surface area contributed by atoms with E-state index in [2.05, 4.69) is 10.3 Å². The van der Waals surface area contributed by atoms with Crippen molar-refractivity contribution < 1.29 is 14.0 Å². The van der Waals surface area contributed by atoms with Crippen LogP contribution in [-0.4, -0.2) is 38.3 Å². The molecule has 2 amide bonds. The molecule has 0 radical (unpaired) electrons. The minimum Gasteiger partial charge on any atom is -0.383 e. The first-order valence-electron chi connectivity index (χ1n) is 10.1. The number of piperidine rings is 1. The lowest BCUT2D eigenvalue weighted by Gasteiger charge is -2.27. The molecule has 1 aromatic carbocycles. The summed E-state index contributed by atoms with van der Waals surface area (Å²) in [7, 11) is 0. The third-order valence-corrected chi connectivity index (χ3v) is 6.51. The molecule has 2 fully saturated rings. The van der Waals surface area contributed by atoms with Crippen molar-refractivity contribution >= 4 is 40.1 Å². The van der Waals surface area contributed by atoms with Crippen LogP contribution >= 0.6 is 11.6 Å². The summed E-state index contributed by atoms with van der Waals surface area (Å²) < 4.78 is 15.9. The van der Waals surface area contributed by atoms with Gasteiger partial charge in [0, 0.05) is 35.9 Å². The molecule has 2 aliphatic rings. The number of likely N-dealkylation sites (tertiary alicyclic amines) is 1. The number of carbonyl (C=O) groups excluding carboxylic acids is 2. The van der Waals surface area contributed by atoms with Crippen LogP contribution in [0, 0.1) is 11.7 Å². The van der Waals surface area contributed by atoms with Gasteiger partial charge >= 0.3 is 0 Å². The highest BCUT2D eigenvalue weighted by molar-refractivity contribution is 6.30. The van der Waals surface area contributed by atoms with Crippen molar-refractivity contribution in [2.45, 2.75) is 38.0 Å². The normalized spacial score (nSPS) is 21.9. The van der Waals surface area contributed by atoms with Gasteiger partial charge in [-0.2, -0.15) is 0 Å². The van der Waals surface area contributed by atoms with Gasteiger partial charge in [-0.25, -0.2) is 9.37 Å². The molecule has 1 saturated carbocycles. The number of amides is 2. The molecule has 31 heavy (non-hydrogen) atoms. The molecule has 7 nitrogen and oxygen atoms in total. The number of pyridine rings is 1. The van der Waals surface area contributed by atoms with Crippen LogP contribution in [0.3, 0.4) is 0 Å². The van der Waals surface area contributed by atoms with Crippen molar-refractivity contribution in [3.05, 3.63) is 59.1 Å². The zero-order valence-electron chi connectivity index (χ0n) is 16.6. The fourth-order valence-corrected chi connectivity index (χ4v) is 4.74. The molecule has 1 aliphatic carbocycles. The van der Waals surface area contributed by atoms with Crippen LogP contribution in [0.15, 0.2) is 42.7 Å². The van der Waals surface area contributed by atoms with E-state index < -0.39 is 11.9 Å². The quantitative estimate of drug-likeness (QED) is 0.636. The summed E-state index contributed by atoms with van der Waals surface area (Å²) in [5.74, 6) is -0.167. The lowest BCUT2D eigenvalue weighted by atomic mass is 10.1. The Morgan fingerprint density at radius 2 is 2.10 bits per heavy atom. The third kappa shape index (κ3) is 3.50. The molecular formula is C22H21ClFN5O2. The molecule has 1 aliphatic heterocycles. The number of nitrogens with one attached hydrogen (secondary N) is 1. The van der Waals surface area contributed by atoms with Gasteiger partial charge in [0.25, 0.3) is 0 Å². The Hall–Kier alpha value is -3.13. The van der Waals surface area contributed by atoms with Gasteiger partial charge in [0.2, 0.25) is 11.8 Å². The summed E-state index contributed by atoms with van der Waals surface area (Å²) in [6, 6.07) is 7.87. The first kappa shape index (κ1) is 19.8. The van der Waals surface area contributed by atoms with Crippen LogP contribution in [0.25, 0.3) is 10.9 Å². The summed E-state index contributed by atoms with van der Waals surface area (Å²) in [6.45, 7) is 0.135. The highest BCUT2D eigenvalue weighted by Gasteiger charge is 2.55. The molecule has 9 heteroatoms. The second-order valence-corrected chi connectivity index (χ2v) is 8.53. The number of nitrogens with zero attached hydrogens (tertiary/aromatic N) is 3. The smallest absolute Gasteiger partial charge is 0.243 e. The standard InChI is InChI=1S/C22H21ClFN5O2/c23-15-3-1-2-12(20(15)24)10-27-22(31)18-9-13-8-17(13)29(18)19(30)11-28-7-5-14-16(28)4-6-26-21(14)25/h1-7,13,17-18H,8-11H2,(H2,25,26)(H,27,31)/t13-,17-,18+/m1/s1. The van der Waals surface area contributed by atoms with E-state index in [4.69, 9.17) is 17.3 Å². The fourth-order valence-electron chi connectivity index (χ4n) is 4.54. The van der Waals surface area contributed by atoms with Crippen molar-refractivity contribution in [3.8, 4) is 0 Å². The average molecular weight is 442 g/mol. The van der Waals surface area contributed by atoms with E-state index in [1.165, 1.54) is 6.07 Å². The van der Waals surface area contributed by atoms with Crippen molar-refractivity contribution in [2.24, 2.45) is 5.92 Å². The van der Waals surface area contributed by atoms with Crippen LogP contribution in [-0.2, 0) is 22.7 Å². The Balaban J connectivity index is 1.30. The molecule has 0 bridgehead atoms. The number of hydrogen-bond acceptors (Lipinski definition) is 4. The van der Waals surface area contributed by atoms with E-state index in [1.54, 1.807) is 29.4 Å². The van der Waals surface area contributed by atoms with Crippen molar-refractivity contribution in [1.29, 1.82) is 0 Å². The van der Waals surface area contributed by atoms with Crippen LogP contribution < -0.4 is 11.1 Å². The monoisotopic (exact) mass is 441 g/mol. The molecular weight excluding hydrogens is 421 g/mol. The molecule has 5 rings (SSSR count). The lowest BCUT2D eigenvalue weighted by Crippen LogP contribution is -2.48. The topological polar surface area (TPSA) is 93.2 Å². The zero-order valence-corrected chi connectivity index (χ0v) is 17.3. The van der Waals surface area contributed by atoms with Crippen molar-refractivity contribution in [1.82, 2.24) is 19.8 Å². The summed E-state index contributed by atoms with van der Waals surface area (Å²) in [6.07, 6.45) is 4.96. The van der Waals surface area contributed by atoms with Gasteiger partial charge in [-0.15, -0.1) is 0 Å². The van der Waals surface area contributed by atoms with Gasteiger partial charge in [0.05, 0.1) is 10.5 Å². The highest BCUT2D eigenvalue weighted by atomic mass is 35.5. The third-order valence-electron chi connectivity index (χ3n) is 6.21. The maximum atomic E-state index is 14.1. The second kappa shape index (κ2) is 7.53. The number of nitrogens with two attached hydrogens (primary N) is 1. The molecule has 0 spiro atoms. The number of fused-ring (bicyclic) bond motifs is 2. The minimum absolute atomic E-state index is 0.0143. The first-order valence-corrected chi connectivity index (χ1v) is 10.5. The second-order valence-electron chi connectivity index (χ2n) is 8.12. The zero-order chi connectivity index (χ0) is 21.7. The number of rotatable bonds is 5. The van der Waals surface area contributed by atoms with Crippen LogP contribution in [0.5, 0.6) is 0 Å². The number of carbonyl (C=O) groups is 2. The van der Waals surface area contributed by atoms with Gasteiger partial charge in [0.1, 0.15) is 24.2 Å². The van der Waals surface area contributed by atoms with Crippen molar-refractivity contribution in [3.63, 3.8) is 0 Å². The molecule has 0 unspecified atom stereocenters. The Bertz CT molecular complexity index is 1200. The number of aromatic nitrogens is 2. The number of hydrogen-bond donors (Lipinski definition) is 2. The first-order chi connectivity index (χ1) is 14.9. The molecule has 3 atom stereocenters. The van der Waals surface area contributed by atoms with E-state index in [0.717, 1.165) is 17.3 Å². The maximum Gasteiger partial charge on any atom is 0.243 e.